The molecule has 0 radical (unpaired) electrons. The number of nitrogens with one attached hydrogen (secondary N) is 1. The minimum absolute atomic E-state index is 0.0739. The predicted octanol–water partition coefficient (Wildman–Crippen LogP) is 1.51. The summed E-state index contributed by atoms with van der Waals surface area (Å²) in [6, 6.07) is 3.96. The second kappa shape index (κ2) is 6.82. The van der Waals surface area contributed by atoms with Crippen LogP contribution in [-0.4, -0.2) is 49.2 Å². The van der Waals surface area contributed by atoms with Gasteiger partial charge in [-0.25, -0.2) is 5.01 Å². The Hall–Kier alpha value is -2.83. The maximum absolute atomic E-state index is 12.6. The van der Waals surface area contributed by atoms with E-state index in [-0.39, 0.29) is 11.7 Å². The van der Waals surface area contributed by atoms with Crippen molar-refractivity contribution in [2.45, 2.75) is 25.7 Å². The van der Waals surface area contributed by atoms with Crippen LogP contribution in [0.4, 0.5) is 0 Å². The van der Waals surface area contributed by atoms with Crippen molar-refractivity contribution >= 4 is 23.1 Å². The Morgan fingerprint density at radius 3 is 2.73 bits per heavy atom. The molecule has 0 saturated heterocycles. The minimum atomic E-state index is -0.174. The third-order valence-corrected chi connectivity index (χ3v) is 4.74. The van der Waals surface area contributed by atoms with E-state index in [9.17, 15) is 9.59 Å². The smallest absolute Gasteiger partial charge is 0.242 e. The number of hydrazone groups is 1. The van der Waals surface area contributed by atoms with Crippen molar-refractivity contribution in [1.29, 1.82) is 0 Å². The molecule has 1 amide bonds. The van der Waals surface area contributed by atoms with E-state index in [1.165, 1.54) is 5.01 Å². The van der Waals surface area contributed by atoms with Gasteiger partial charge in [-0.3, -0.25) is 9.59 Å². The Morgan fingerprint density at radius 1 is 1.19 bits per heavy atom. The molecule has 1 aromatic rings. The van der Waals surface area contributed by atoms with Crippen LogP contribution in [0.3, 0.4) is 0 Å². The number of fused-ring (bicyclic) bond motifs is 2. The van der Waals surface area contributed by atoms with Gasteiger partial charge in [-0.15, -0.1) is 0 Å². The highest BCUT2D eigenvalue weighted by Crippen LogP contribution is 2.36. The standard InChI is InChI=1S/C19H21N3O4/c1-22-19(24)4-3-14(21-22)16(23)11-15-13-10-18-17(25-7-2-8-26-18)9-12(13)5-6-20-15/h9-11,20H,2-8H2,1H3/b15-11+. The van der Waals surface area contributed by atoms with Crippen LogP contribution >= 0.6 is 0 Å². The number of carbonyl (C=O) groups excluding carboxylic acids is 2. The van der Waals surface area contributed by atoms with Gasteiger partial charge < -0.3 is 14.8 Å². The fraction of sp³-hybridized carbons (Fsp3) is 0.421. The van der Waals surface area contributed by atoms with Crippen molar-refractivity contribution in [2.24, 2.45) is 5.10 Å². The highest BCUT2D eigenvalue weighted by atomic mass is 16.5. The third kappa shape index (κ3) is 3.16. The Bertz CT molecular complexity index is 828. The molecule has 3 aliphatic heterocycles. The maximum Gasteiger partial charge on any atom is 0.242 e. The van der Waals surface area contributed by atoms with Gasteiger partial charge in [0, 0.05) is 50.2 Å². The molecular formula is C19H21N3O4. The predicted molar refractivity (Wildman–Crippen MR) is 96.2 cm³/mol. The van der Waals surface area contributed by atoms with Gasteiger partial charge in [0.15, 0.2) is 11.5 Å². The highest BCUT2D eigenvalue weighted by Gasteiger charge is 2.24. The van der Waals surface area contributed by atoms with Crippen molar-refractivity contribution < 1.29 is 19.1 Å². The molecule has 0 unspecified atom stereocenters. The fourth-order valence-electron chi connectivity index (χ4n) is 3.33. The molecule has 26 heavy (non-hydrogen) atoms. The number of hydrogen-bond donors (Lipinski definition) is 1. The molecular weight excluding hydrogens is 334 g/mol. The van der Waals surface area contributed by atoms with E-state index in [0.29, 0.717) is 37.5 Å². The molecule has 0 aromatic heterocycles. The molecule has 3 aliphatic rings. The summed E-state index contributed by atoms with van der Waals surface area (Å²) in [4.78, 5) is 24.2. The first-order valence-corrected chi connectivity index (χ1v) is 8.88. The molecule has 136 valence electrons. The molecule has 7 heteroatoms. The van der Waals surface area contributed by atoms with Gasteiger partial charge in [0.1, 0.15) is 5.71 Å². The van der Waals surface area contributed by atoms with Gasteiger partial charge in [-0.05, 0) is 24.1 Å². The van der Waals surface area contributed by atoms with Crippen LogP contribution < -0.4 is 14.8 Å². The van der Waals surface area contributed by atoms with Gasteiger partial charge in [-0.2, -0.15) is 5.10 Å². The lowest BCUT2D eigenvalue weighted by atomic mass is 9.95. The summed E-state index contributed by atoms with van der Waals surface area (Å²) in [6.45, 7) is 2.02. The van der Waals surface area contributed by atoms with E-state index in [1.54, 1.807) is 13.1 Å². The summed E-state index contributed by atoms with van der Waals surface area (Å²) in [5.41, 5.74) is 3.25. The van der Waals surface area contributed by atoms with Gasteiger partial charge >= 0.3 is 0 Å². The fourth-order valence-corrected chi connectivity index (χ4v) is 3.33. The number of hydrogen-bond acceptors (Lipinski definition) is 6. The highest BCUT2D eigenvalue weighted by molar-refractivity contribution is 6.45. The Morgan fingerprint density at radius 2 is 1.96 bits per heavy atom. The average molecular weight is 355 g/mol. The molecule has 1 N–H and O–H groups in total. The van der Waals surface area contributed by atoms with Gasteiger partial charge in [0.25, 0.3) is 0 Å². The molecule has 0 aliphatic carbocycles. The van der Waals surface area contributed by atoms with Crippen molar-refractivity contribution in [3.63, 3.8) is 0 Å². The number of carbonyl (C=O) groups is 2. The number of rotatable bonds is 2. The largest absolute Gasteiger partial charge is 0.490 e. The van der Waals surface area contributed by atoms with Gasteiger partial charge in [0.2, 0.25) is 11.7 Å². The van der Waals surface area contributed by atoms with Gasteiger partial charge in [-0.1, -0.05) is 0 Å². The van der Waals surface area contributed by atoms with Gasteiger partial charge in [0.05, 0.1) is 13.2 Å². The monoisotopic (exact) mass is 355 g/mol. The zero-order chi connectivity index (χ0) is 18.1. The Kier molecular flexibility index (Phi) is 4.36. The first-order chi connectivity index (χ1) is 12.6. The van der Waals surface area contributed by atoms with Crippen LogP contribution in [-0.2, 0) is 16.0 Å². The summed E-state index contributed by atoms with van der Waals surface area (Å²) in [6.07, 6.45) is 3.97. The van der Waals surface area contributed by atoms with Crippen LogP contribution in [0.15, 0.2) is 23.3 Å². The van der Waals surface area contributed by atoms with Crippen LogP contribution in [0, 0.1) is 0 Å². The Labute approximate surface area is 151 Å². The van der Waals surface area contributed by atoms with Crippen LogP contribution in [0.5, 0.6) is 11.5 Å². The third-order valence-electron chi connectivity index (χ3n) is 4.74. The minimum Gasteiger partial charge on any atom is -0.490 e. The van der Waals surface area contributed by atoms with Crippen LogP contribution in [0.2, 0.25) is 0 Å². The molecule has 0 spiro atoms. The Balaban J connectivity index is 1.66. The first-order valence-electron chi connectivity index (χ1n) is 8.88. The summed E-state index contributed by atoms with van der Waals surface area (Å²) in [7, 11) is 1.57. The second-order valence-corrected chi connectivity index (χ2v) is 6.57. The molecule has 3 heterocycles. The number of ketones is 1. The van der Waals surface area contributed by atoms with Crippen LogP contribution in [0.25, 0.3) is 5.70 Å². The summed E-state index contributed by atoms with van der Waals surface area (Å²) >= 11 is 0. The molecule has 0 atom stereocenters. The number of ether oxygens (including phenoxy) is 2. The van der Waals surface area contributed by atoms with E-state index < -0.39 is 0 Å². The molecule has 1 aromatic carbocycles. The van der Waals surface area contributed by atoms with Crippen molar-refractivity contribution in [1.82, 2.24) is 10.3 Å². The zero-order valence-corrected chi connectivity index (χ0v) is 14.7. The summed E-state index contributed by atoms with van der Waals surface area (Å²) < 4.78 is 11.5. The van der Waals surface area contributed by atoms with E-state index in [2.05, 4.69) is 10.4 Å². The lowest BCUT2D eigenvalue weighted by molar-refractivity contribution is -0.130. The molecule has 4 rings (SSSR count). The lowest BCUT2D eigenvalue weighted by Crippen LogP contribution is -2.31. The topological polar surface area (TPSA) is 80.2 Å². The van der Waals surface area contributed by atoms with Crippen molar-refractivity contribution in [3.05, 3.63) is 29.3 Å². The number of benzene rings is 1. The molecule has 0 bridgehead atoms. The summed E-state index contributed by atoms with van der Waals surface area (Å²) in [5, 5.41) is 8.64. The van der Waals surface area contributed by atoms with Crippen molar-refractivity contribution in [3.8, 4) is 11.5 Å². The molecule has 0 saturated carbocycles. The van der Waals surface area contributed by atoms with E-state index in [1.807, 2.05) is 12.1 Å². The van der Waals surface area contributed by atoms with Crippen molar-refractivity contribution in [2.75, 3.05) is 26.8 Å². The van der Waals surface area contributed by atoms with E-state index >= 15 is 0 Å². The normalized spacial score (nSPS) is 20.8. The van der Waals surface area contributed by atoms with E-state index in [0.717, 1.165) is 42.0 Å². The lowest BCUT2D eigenvalue weighted by Gasteiger charge is -2.23. The van der Waals surface area contributed by atoms with E-state index in [4.69, 9.17) is 9.47 Å². The number of nitrogens with zero attached hydrogens (tertiary/aromatic N) is 2. The quantitative estimate of drug-likeness (QED) is 0.814. The second-order valence-electron chi connectivity index (χ2n) is 6.57. The summed E-state index contributed by atoms with van der Waals surface area (Å²) in [5.74, 6) is 1.23. The maximum atomic E-state index is 12.6. The average Bonchev–Trinajstić information content (AvgIpc) is 2.87. The molecule has 7 nitrogen and oxygen atoms in total. The zero-order valence-electron chi connectivity index (χ0n) is 14.7. The number of allylic oxidation sites excluding steroid dienone is 1. The van der Waals surface area contributed by atoms with Crippen LogP contribution in [0.1, 0.15) is 30.4 Å². The molecule has 0 fully saturated rings. The SMILES string of the molecule is CN1N=C(C(=O)/C=C2/NCCc3cc4c(cc32)OCCCO4)CCC1=O. The number of amides is 1. The first kappa shape index (κ1) is 16.6.